The van der Waals surface area contributed by atoms with E-state index in [1.807, 2.05) is 0 Å². The maximum atomic E-state index is 2.45. The molecule has 2 nitrogen and oxygen atoms in total. The zero-order valence-electron chi connectivity index (χ0n) is 30.4. The van der Waals surface area contributed by atoms with Gasteiger partial charge in [-0.3, -0.25) is 0 Å². The third kappa shape index (κ3) is 4.53. The van der Waals surface area contributed by atoms with E-state index in [0.717, 1.165) is 29.2 Å². The van der Waals surface area contributed by atoms with Gasteiger partial charge in [0.25, 0.3) is 0 Å². The summed E-state index contributed by atoms with van der Waals surface area (Å²) in [7, 11) is 0. The maximum absolute atomic E-state index is 2.45. The summed E-state index contributed by atoms with van der Waals surface area (Å²) in [6.07, 6.45) is 0.969. The van der Waals surface area contributed by atoms with E-state index in [0.29, 0.717) is 0 Å². The van der Waals surface area contributed by atoms with Gasteiger partial charge in [0.2, 0.25) is 0 Å². The van der Waals surface area contributed by atoms with Crippen LogP contribution in [0.3, 0.4) is 0 Å². The van der Waals surface area contributed by atoms with Crippen molar-refractivity contribution < 1.29 is 0 Å². The van der Waals surface area contributed by atoms with Crippen LogP contribution in [0.15, 0.2) is 182 Å². The van der Waals surface area contributed by atoms with Crippen LogP contribution in [0.4, 0.5) is 17.1 Å². The second-order valence-electron chi connectivity index (χ2n) is 15.3. The normalized spacial score (nSPS) is 13.4. The SMILES string of the molecule is CC1(C)c2ccccc2-c2ccc(N(c3ccc(-c4ccccc4)cc3)c3ccc(-n4c5ccccc5c5c6c(ccc54)-c4ccccc4C6)cc3)cc21. The highest BCUT2D eigenvalue weighted by atomic mass is 15.1. The van der Waals surface area contributed by atoms with Crippen molar-refractivity contribution in [2.75, 3.05) is 4.90 Å². The van der Waals surface area contributed by atoms with Gasteiger partial charge in [0.05, 0.1) is 11.0 Å². The van der Waals surface area contributed by atoms with Gasteiger partial charge in [0.15, 0.2) is 0 Å². The molecule has 0 amide bonds. The van der Waals surface area contributed by atoms with Crippen molar-refractivity contribution in [3.63, 3.8) is 0 Å². The van der Waals surface area contributed by atoms with Gasteiger partial charge < -0.3 is 9.47 Å². The molecule has 0 radical (unpaired) electrons. The van der Waals surface area contributed by atoms with E-state index in [9.17, 15) is 0 Å². The third-order valence-electron chi connectivity index (χ3n) is 12.0. The van der Waals surface area contributed by atoms with Gasteiger partial charge in [-0.2, -0.15) is 0 Å². The minimum absolute atomic E-state index is 0.0906. The summed E-state index contributed by atoms with van der Waals surface area (Å²) in [6.45, 7) is 4.71. The molecule has 256 valence electrons. The van der Waals surface area contributed by atoms with Crippen LogP contribution in [0.25, 0.3) is 60.9 Å². The molecule has 0 bridgehead atoms. The molecular weight excluding hydrogens is 653 g/mol. The van der Waals surface area contributed by atoms with E-state index in [2.05, 4.69) is 205 Å². The lowest BCUT2D eigenvalue weighted by Crippen LogP contribution is -2.16. The third-order valence-corrected chi connectivity index (χ3v) is 12.0. The lowest BCUT2D eigenvalue weighted by molar-refractivity contribution is 0.660. The molecule has 54 heavy (non-hydrogen) atoms. The first-order valence-electron chi connectivity index (χ1n) is 19.0. The predicted molar refractivity (Wildman–Crippen MR) is 227 cm³/mol. The summed E-state index contributed by atoms with van der Waals surface area (Å²) >= 11 is 0. The largest absolute Gasteiger partial charge is 0.310 e. The van der Waals surface area contributed by atoms with Crippen molar-refractivity contribution in [2.24, 2.45) is 0 Å². The van der Waals surface area contributed by atoms with Gasteiger partial charge in [-0.1, -0.05) is 135 Å². The summed E-state index contributed by atoms with van der Waals surface area (Å²) in [5.74, 6) is 0. The van der Waals surface area contributed by atoms with E-state index < -0.39 is 0 Å². The number of benzene rings is 8. The molecule has 0 N–H and O–H groups in total. The van der Waals surface area contributed by atoms with E-state index >= 15 is 0 Å². The molecule has 2 aliphatic rings. The average Bonchev–Trinajstić information content (AvgIpc) is 3.85. The first-order chi connectivity index (χ1) is 26.5. The summed E-state index contributed by atoms with van der Waals surface area (Å²) in [6, 6.07) is 67.1. The second kappa shape index (κ2) is 11.7. The Morgan fingerprint density at radius 3 is 1.89 bits per heavy atom. The lowest BCUT2D eigenvalue weighted by atomic mass is 9.82. The monoisotopic (exact) mass is 690 g/mol. The molecule has 0 spiro atoms. The molecule has 0 aliphatic heterocycles. The van der Waals surface area contributed by atoms with Gasteiger partial charge in [0.1, 0.15) is 0 Å². The molecule has 2 aliphatic carbocycles. The van der Waals surface area contributed by atoms with Crippen LogP contribution < -0.4 is 4.90 Å². The Morgan fingerprint density at radius 2 is 1.07 bits per heavy atom. The van der Waals surface area contributed by atoms with Crippen molar-refractivity contribution in [3.05, 3.63) is 204 Å². The van der Waals surface area contributed by atoms with E-state index in [-0.39, 0.29) is 5.41 Å². The highest BCUT2D eigenvalue weighted by Gasteiger charge is 2.35. The van der Waals surface area contributed by atoms with Crippen molar-refractivity contribution in [3.8, 4) is 39.1 Å². The average molecular weight is 691 g/mol. The summed E-state index contributed by atoms with van der Waals surface area (Å²) in [5, 5.41) is 2.67. The summed E-state index contributed by atoms with van der Waals surface area (Å²) in [4.78, 5) is 2.41. The fourth-order valence-electron chi connectivity index (χ4n) is 9.44. The molecule has 11 rings (SSSR count). The number of anilines is 3. The fraction of sp³-hybridized carbons (Fsp3) is 0.0769. The predicted octanol–water partition coefficient (Wildman–Crippen LogP) is 13.8. The summed E-state index contributed by atoms with van der Waals surface area (Å²) < 4.78 is 2.45. The van der Waals surface area contributed by atoms with E-state index in [1.54, 1.807) is 0 Å². The Labute approximate surface area is 316 Å². The quantitative estimate of drug-likeness (QED) is 0.175. The van der Waals surface area contributed by atoms with Crippen molar-refractivity contribution in [2.45, 2.75) is 25.7 Å². The van der Waals surface area contributed by atoms with Crippen LogP contribution in [-0.2, 0) is 11.8 Å². The highest BCUT2D eigenvalue weighted by molar-refractivity contribution is 6.13. The highest BCUT2D eigenvalue weighted by Crippen LogP contribution is 2.51. The number of aromatic nitrogens is 1. The molecule has 0 unspecified atom stereocenters. The van der Waals surface area contributed by atoms with Crippen LogP contribution in [0.2, 0.25) is 0 Å². The minimum Gasteiger partial charge on any atom is -0.310 e. The molecule has 0 saturated heterocycles. The van der Waals surface area contributed by atoms with Gasteiger partial charge in [-0.15, -0.1) is 0 Å². The van der Waals surface area contributed by atoms with Crippen molar-refractivity contribution in [1.29, 1.82) is 0 Å². The second-order valence-corrected chi connectivity index (χ2v) is 15.3. The topological polar surface area (TPSA) is 8.17 Å². The Kier molecular flexibility index (Phi) is 6.69. The minimum atomic E-state index is -0.0906. The Bertz CT molecular complexity index is 2910. The van der Waals surface area contributed by atoms with Gasteiger partial charge in [-0.05, 0) is 123 Å². The van der Waals surface area contributed by atoms with Crippen LogP contribution in [-0.4, -0.2) is 4.57 Å². The zero-order chi connectivity index (χ0) is 36.0. The van der Waals surface area contributed by atoms with Gasteiger partial charge in [-0.25, -0.2) is 0 Å². The number of rotatable bonds is 5. The van der Waals surface area contributed by atoms with E-state index in [4.69, 9.17) is 0 Å². The maximum Gasteiger partial charge on any atom is 0.0544 e. The van der Waals surface area contributed by atoms with Gasteiger partial charge >= 0.3 is 0 Å². The smallest absolute Gasteiger partial charge is 0.0544 e. The Balaban J connectivity index is 1.05. The number of hydrogen-bond donors (Lipinski definition) is 0. The molecule has 0 saturated carbocycles. The van der Waals surface area contributed by atoms with Crippen molar-refractivity contribution in [1.82, 2.24) is 4.57 Å². The first-order valence-corrected chi connectivity index (χ1v) is 19.0. The van der Waals surface area contributed by atoms with Gasteiger partial charge in [0, 0.05) is 38.9 Å². The zero-order valence-corrected chi connectivity index (χ0v) is 30.4. The van der Waals surface area contributed by atoms with E-state index in [1.165, 1.54) is 77.4 Å². The molecule has 1 aromatic heterocycles. The summed E-state index contributed by atoms with van der Waals surface area (Å²) in [5.41, 5.74) is 20.4. The lowest BCUT2D eigenvalue weighted by Gasteiger charge is -2.28. The number of hydrogen-bond acceptors (Lipinski definition) is 1. The fourth-order valence-corrected chi connectivity index (χ4v) is 9.44. The standard InChI is InChI=1S/C52H38N2/c1-52(2)47-18-10-8-16-43(47)44-29-28-40(33-48(44)52)53(37-22-20-35(21-23-37)34-12-4-3-5-13-34)38-24-26-39(27-25-38)54-49-19-11-9-17-45(49)51-46-32-36-14-6-7-15-41(36)42(46)30-31-50(51)54/h3-31,33H,32H2,1-2H3. The molecule has 9 aromatic rings. The van der Waals surface area contributed by atoms with Crippen LogP contribution in [0.1, 0.15) is 36.1 Å². The van der Waals surface area contributed by atoms with Crippen molar-refractivity contribution >= 4 is 38.9 Å². The van der Waals surface area contributed by atoms with Crippen LogP contribution in [0, 0.1) is 0 Å². The molecular formula is C52H38N2. The number of nitrogens with zero attached hydrogens (tertiary/aromatic N) is 2. The molecule has 2 heteroatoms. The first kappa shape index (κ1) is 30.9. The number of fused-ring (bicyclic) bond motifs is 10. The number of para-hydroxylation sites is 1. The Hall–Kier alpha value is -6.64. The molecule has 8 aromatic carbocycles. The Morgan fingerprint density at radius 1 is 0.463 bits per heavy atom. The molecule has 0 fully saturated rings. The van der Waals surface area contributed by atoms with Crippen LogP contribution in [0.5, 0.6) is 0 Å². The van der Waals surface area contributed by atoms with Crippen LogP contribution >= 0.6 is 0 Å². The molecule has 0 atom stereocenters. The molecule has 1 heterocycles.